The first kappa shape index (κ1) is 11.0. The highest BCUT2D eigenvalue weighted by Crippen LogP contribution is 2.27. The topological polar surface area (TPSA) is 43.1 Å². The molecule has 0 radical (unpaired) electrons. The normalized spacial score (nSPS) is 10.4. The summed E-state index contributed by atoms with van der Waals surface area (Å²) in [5, 5.41) is 0. The van der Waals surface area contributed by atoms with Crippen LogP contribution >= 0.6 is 15.9 Å². The molecule has 0 aliphatic carbocycles. The lowest BCUT2D eigenvalue weighted by Crippen LogP contribution is -2.18. The third-order valence-electron chi connectivity index (χ3n) is 1.46. The Balaban J connectivity index is 3.68. The van der Waals surface area contributed by atoms with Crippen molar-refractivity contribution < 1.29 is 22.4 Å². The highest BCUT2D eigenvalue weighted by Gasteiger charge is 2.26. The van der Waals surface area contributed by atoms with Gasteiger partial charge in [-0.25, -0.2) is 17.6 Å². The Morgan fingerprint density at radius 2 is 1.36 bits per heavy atom. The number of primary amides is 1. The fourth-order valence-corrected chi connectivity index (χ4v) is 1.17. The van der Waals surface area contributed by atoms with Gasteiger partial charge in [0.2, 0.25) is 0 Å². The number of nitrogens with two attached hydrogens (primary N) is 1. The Kier molecular flexibility index (Phi) is 2.79. The molecule has 76 valence electrons. The summed E-state index contributed by atoms with van der Waals surface area (Å²) in [6.07, 6.45) is 0. The highest BCUT2D eigenvalue weighted by atomic mass is 79.9. The number of halogens is 5. The minimum Gasteiger partial charge on any atom is -0.365 e. The van der Waals surface area contributed by atoms with Gasteiger partial charge in [-0.2, -0.15) is 0 Å². The average Bonchev–Trinajstić information content (AvgIpc) is 2.11. The third-order valence-corrected chi connectivity index (χ3v) is 2.15. The Labute approximate surface area is 83.8 Å². The monoisotopic (exact) mass is 271 g/mol. The van der Waals surface area contributed by atoms with E-state index in [1.165, 1.54) is 0 Å². The number of benzene rings is 1. The van der Waals surface area contributed by atoms with Crippen molar-refractivity contribution in [3.05, 3.63) is 33.3 Å². The largest absolute Gasteiger partial charge is 0.365 e. The van der Waals surface area contributed by atoms with Gasteiger partial charge in [-0.15, -0.1) is 0 Å². The van der Waals surface area contributed by atoms with Crippen molar-refractivity contribution in [3.8, 4) is 0 Å². The fraction of sp³-hybridized carbons (Fsp3) is 0. The van der Waals surface area contributed by atoms with E-state index in [9.17, 15) is 22.4 Å². The van der Waals surface area contributed by atoms with Crippen LogP contribution in [-0.2, 0) is 0 Å². The Bertz CT molecular complexity index is 392. The summed E-state index contributed by atoms with van der Waals surface area (Å²) in [5.74, 6) is -8.60. The van der Waals surface area contributed by atoms with E-state index in [-0.39, 0.29) is 0 Å². The summed E-state index contributed by atoms with van der Waals surface area (Å²) in [6, 6.07) is 0. The van der Waals surface area contributed by atoms with E-state index in [1.807, 2.05) is 0 Å². The van der Waals surface area contributed by atoms with Crippen molar-refractivity contribution in [2.24, 2.45) is 5.73 Å². The maximum Gasteiger partial charge on any atom is 0.254 e. The lowest BCUT2D eigenvalue weighted by molar-refractivity contribution is 0.0989. The number of carbonyl (C=O) groups excluding carboxylic acids is 1. The zero-order valence-corrected chi connectivity index (χ0v) is 7.96. The summed E-state index contributed by atoms with van der Waals surface area (Å²) in [6.45, 7) is 0. The van der Waals surface area contributed by atoms with Gasteiger partial charge in [0, 0.05) is 0 Å². The summed E-state index contributed by atoms with van der Waals surface area (Å²) in [7, 11) is 0. The van der Waals surface area contributed by atoms with Crippen LogP contribution in [0.4, 0.5) is 17.6 Å². The summed E-state index contributed by atoms with van der Waals surface area (Å²) in [5.41, 5.74) is 3.11. The van der Waals surface area contributed by atoms with Gasteiger partial charge in [-0.05, 0) is 15.9 Å². The second-order valence-electron chi connectivity index (χ2n) is 2.31. The quantitative estimate of drug-likeness (QED) is 0.475. The molecule has 0 saturated heterocycles. The fourth-order valence-electron chi connectivity index (χ4n) is 0.821. The first-order valence-corrected chi connectivity index (χ1v) is 3.98. The van der Waals surface area contributed by atoms with Crippen LogP contribution in [0, 0.1) is 23.3 Å². The molecule has 0 heterocycles. The molecule has 1 aromatic carbocycles. The molecule has 0 unspecified atom stereocenters. The minimum atomic E-state index is -1.82. The number of amides is 1. The van der Waals surface area contributed by atoms with Crippen molar-refractivity contribution in [3.63, 3.8) is 0 Å². The van der Waals surface area contributed by atoms with Crippen molar-refractivity contribution in [2.45, 2.75) is 0 Å². The molecule has 1 rings (SSSR count). The van der Waals surface area contributed by atoms with Gasteiger partial charge in [0.15, 0.2) is 23.3 Å². The van der Waals surface area contributed by atoms with Crippen LogP contribution in [0.15, 0.2) is 4.47 Å². The van der Waals surface area contributed by atoms with Crippen LogP contribution < -0.4 is 5.73 Å². The molecule has 0 aliphatic heterocycles. The molecule has 7 heteroatoms. The molecule has 2 N–H and O–H groups in total. The molecule has 0 atom stereocenters. The molecule has 0 fully saturated rings. The van der Waals surface area contributed by atoms with Crippen LogP contribution in [0.5, 0.6) is 0 Å². The number of rotatable bonds is 1. The second-order valence-corrected chi connectivity index (χ2v) is 3.10. The SMILES string of the molecule is NC(=O)c1c(F)c(F)c(Br)c(F)c1F. The van der Waals surface area contributed by atoms with E-state index in [0.717, 1.165) is 0 Å². The van der Waals surface area contributed by atoms with Crippen LogP contribution in [0.1, 0.15) is 10.4 Å². The molecule has 0 spiro atoms. The van der Waals surface area contributed by atoms with Crippen LogP contribution in [-0.4, -0.2) is 5.91 Å². The predicted molar refractivity (Wildman–Crippen MR) is 42.5 cm³/mol. The molecule has 0 aromatic heterocycles. The Morgan fingerprint density at radius 3 is 1.64 bits per heavy atom. The minimum absolute atomic E-state index is 1.02. The maximum atomic E-state index is 12.8. The third kappa shape index (κ3) is 1.47. The molecule has 0 saturated carbocycles. The van der Waals surface area contributed by atoms with Crippen LogP contribution in [0.3, 0.4) is 0 Å². The molecule has 14 heavy (non-hydrogen) atoms. The summed E-state index contributed by atoms with van der Waals surface area (Å²) >= 11 is 2.28. The smallest absolute Gasteiger partial charge is 0.254 e. The first-order valence-electron chi connectivity index (χ1n) is 3.19. The van der Waals surface area contributed by atoms with Crippen LogP contribution in [0.2, 0.25) is 0 Å². The number of carbonyl (C=O) groups is 1. The van der Waals surface area contributed by atoms with Gasteiger partial charge in [0.1, 0.15) is 5.56 Å². The van der Waals surface area contributed by atoms with Gasteiger partial charge >= 0.3 is 0 Å². The lowest BCUT2D eigenvalue weighted by Gasteiger charge is -2.05. The summed E-state index contributed by atoms with van der Waals surface area (Å²) in [4.78, 5) is 10.5. The van der Waals surface area contributed by atoms with Gasteiger partial charge in [0.05, 0.1) is 4.47 Å². The standard InChI is InChI=1S/C7H2BrF4NO/c8-2-5(11)3(9)1(7(13)14)4(10)6(2)12/h(H2,13,14). The molecular weight excluding hydrogens is 270 g/mol. The molecular formula is C7H2BrF4NO. The number of hydrogen-bond acceptors (Lipinski definition) is 1. The first-order chi connectivity index (χ1) is 6.37. The predicted octanol–water partition coefficient (Wildman–Crippen LogP) is 2.10. The van der Waals surface area contributed by atoms with Gasteiger partial charge in [-0.3, -0.25) is 4.79 Å². The highest BCUT2D eigenvalue weighted by molar-refractivity contribution is 9.10. The van der Waals surface area contributed by atoms with E-state index < -0.39 is 39.2 Å². The van der Waals surface area contributed by atoms with Crippen molar-refractivity contribution in [1.82, 2.24) is 0 Å². The molecule has 0 bridgehead atoms. The van der Waals surface area contributed by atoms with E-state index in [1.54, 1.807) is 0 Å². The van der Waals surface area contributed by atoms with E-state index in [0.29, 0.717) is 0 Å². The molecule has 1 amide bonds. The van der Waals surface area contributed by atoms with Gasteiger partial charge < -0.3 is 5.73 Å². The Hall–Kier alpha value is -1.11. The van der Waals surface area contributed by atoms with E-state index >= 15 is 0 Å². The van der Waals surface area contributed by atoms with E-state index in [2.05, 4.69) is 21.7 Å². The van der Waals surface area contributed by atoms with Crippen LogP contribution in [0.25, 0.3) is 0 Å². The van der Waals surface area contributed by atoms with Gasteiger partial charge in [-0.1, -0.05) is 0 Å². The van der Waals surface area contributed by atoms with Crippen molar-refractivity contribution >= 4 is 21.8 Å². The average molecular weight is 272 g/mol. The van der Waals surface area contributed by atoms with E-state index in [4.69, 9.17) is 0 Å². The van der Waals surface area contributed by atoms with Gasteiger partial charge in [0.25, 0.3) is 5.91 Å². The van der Waals surface area contributed by atoms with Crippen molar-refractivity contribution in [2.75, 3.05) is 0 Å². The molecule has 0 aliphatic rings. The zero-order chi connectivity index (χ0) is 11.0. The maximum absolute atomic E-state index is 12.8. The summed E-state index contributed by atoms with van der Waals surface area (Å²) < 4.78 is 50.2. The van der Waals surface area contributed by atoms with Crippen molar-refractivity contribution in [1.29, 1.82) is 0 Å². The second kappa shape index (κ2) is 3.56. The zero-order valence-electron chi connectivity index (χ0n) is 6.38. The number of hydrogen-bond donors (Lipinski definition) is 1. The lowest BCUT2D eigenvalue weighted by atomic mass is 10.1. The molecule has 2 nitrogen and oxygen atoms in total. The Morgan fingerprint density at radius 1 is 1.00 bits per heavy atom. The molecule has 1 aromatic rings.